The third-order valence-corrected chi connectivity index (χ3v) is 3.45. The SMILES string of the molecule is COc1cccc(CNC(=O)c2ccc(-c3cnco3)cc2)c1. The maximum Gasteiger partial charge on any atom is 0.251 e. The number of carbonyl (C=O) groups excluding carboxylic acids is 1. The molecule has 0 unspecified atom stereocenters. The van der Waals surface area contributed by atoms with Gasteiger partial charge in [0.05, 0.1) is 13.3 Å². The number of nitrogens with one attached hydrogen (secondary N) is 1. The van der Waals surface area contributed by atoms with Crippen LogP contribution in [0.2, 0.25) is 0 Å². The van der Waals surface area contributed by atoms with Gasteiger partial charge in [0, 0.05) is 17.7 Å². The standard InChI is InChI=1S/C18H16N2O3/c1-22-16-4-2-3-13(9-16)10-20-18(21)15-7-5-14(6-8-15)17-11-19-12-23-17/h2-9,11-12H,10H2,1H3,(H,20,21). The van der Waals surface area contributed by atoms with E-state index in [2.05, 4.69) is 10.3 Å². The fourth-order valence-corrected chi connectivity index (χ4v) is 2.21. The molecule has 23 heavy (non-hydrogen) atoms. The van der Waals surface area contributed by atoms with E-state index < -0.39 is 0 Å². The zero-order valence-corrected chi connectivity index (χ0v) is 12.7. The lowest BCUT2D eigenvalue weighted by molar-refractivity contribution is 0.0951. The van der Waals surface area contributed by atoms with E-state index in [9.17, 15) is 4.79 Å². The highest BCUT2D eigenvalue weighted by atomic mass is 16.5. The second kappa shape index (κ2) is 6.79. The Morgan fingerprint density at radius 1 is 1.22 bits per heavy atom. The fraction of sp³-hybridized carbons (Fsp3) is 0.111. The summed E-state index contributed by atoms with van der Waals surface area (Å²) in [5.74, 6) is 1.32. The molecule has 0 aliphatic heterocycles. The van der Waals surface area contributed by atoms with Gasteiger partial charge in [0.15, 0.2) is 12.2 Å². The molecule has 0 bridgehead atoms. The van der Waals surface area contributed by atoms with Crippen molar-refractivity contribution in [2.45, 2.75) is 6.54 Å². The van der Waals surface area contributed by atoms with Crippen LogP contribution in [-0.2, 0) is 6.54 Å². The average Bonchev–Trinajstić information content (AvgIpc) is 3.14. The maximum atomic E-state index is 12.2. The molecular formula is C18H16N2O3. The van der Waals surface area contributed by atoms with Crippen molar-refractivity contribution < 1.29 is 13.9 Å². The number of hydrogen-bond acceptors (Lipinski definition) is 4. The number of benzene rings is 2. The highest BCUT2D eigenvalue weighted by Gasteiger charge is 2.07. The number of ether oxygens (including phenoxy) is 1. The molecule has 0 aliphatic rings. The largest absolute Gasteiger partial charge is 0.497 e. The molecule has 0 radical (unpaired) electrons. The first kappa shape index (κ1) is 14.8. The van der Waals surface area contributed by atoms with Crippen LogP contribution in [-0.4, -0.2) is 18.0 Å². The number of aromatic nitrogens is 1. The van der Waals surface area contributed by atoms with Crippen molar-refractivity contribution in [3.63, 3.8) is 0 Å². The van der Waals surface area contributed by atoms with Crippen LogP contribution in [0.4, 0.5) is 0 Å². The summed E-state index contributed by atoms with van der Waals surface area (Å²) in [7, 11) is 1.62. The summed E-state index contributed by atoms with van der Waals surface area (Å²) in [4.78, 5) is 16.1. The number of methoxy groups -OCH3 is 1. The van der Waals surface area contributed by atoms with Crippen molar-refractivity contribution >= 4 is 5.91 Å². The van der Waals surface area contributed by atoms with Gasteiger partial charge in [-0.2, -0.15) is 0 Å². The second-order valence-electron chi connectivity index (χ2n) is 4.98. The molecular weight excluding hydrogens is 292 g/mol. The van der Waals surface area contributed by atoms with Crippen molar-refractivity contribution in [3.8, 4) is 17.1 Å². The molecule has 0 atom stereocenters. The fourth-order valence-electron chi connectivity index (χ4n) is 2.21. The lowest BCUT2D eigenvalue weighted by Gasteiger charge is -2.07. The van der Waals surface area contributed by atoms with Gasteiger partial charge < -0.3 is 14.5 Å². The summed E-state index contributed by atoms with van der Waals surface area (Å²) >= 11 is 0. The average molecular weight is 308 g/mol. The lowest BCUT2D eigenvalue weighted by Crippen LogP contribution is -2.22. The van der Waals surface area contributed by atoms with Gasteiger partial charge in [-0.25, -0.2) is 4.98 Å². The first-order chi connectivity index (χ1) is 11.3. The lowest BCUT2D eigenvalue weighted by atomic mass is 10.1. The van der Waals surface area contributed by atoms with Crippen LogP contribution in [0, 0.1) is 0 Å². The third-order valence-electron chi connectivity index (χ3n) is 3.45. The summed E-state index contributed by atoms with van der Waals surface area (Å²) in [6, 6.07) is 14.8. The van der Waals surface area contributed by atoms with E-state index in [1.165, 1.54) is 6.39 Å². The van der Waals surface area contributed by atoms with Crippen molar-refractivity contribution in [2.24, 2.45) is 0 Å². The van der Waals surface area contributed by atoms with E-state index in [0.29, 0.717) is 17.9 Å². The monoisotopic (exact) mass is 308 g/mol. The molecule has 3 rings (SSSR count). The van der Waals surface area contributed by atoms with Crippen LogP contribution in [0.25, 0.3) is 11.3 Å². The molecule has 0 aliphatic carbocycles. The van der Waals surface area contributed by atoms with E-state index in [-0.39, 0.29) is 5.91 Å². The predicted molar refractivity (Wildman–Crippen MR) is 86.1 cm³/mol. The molecule has 0 spiro atoms. The highest BCUT2D eigenvalue weighted by molar-refractivity contribution is 5.94. The highest BCUT2D eigenvalue weighted by Crippen LogP contribution is 2.19. The van der Waals surface area contributed by atoms with Gasteiger partial charge in [-0.1, -0.05) is 24.3 Å². The molecule has 3 aromatic rings. The summed E-state index contributed by atoms with van der Waals surface area (Å²) < 4.78 is 10.4. The molecule has 1 heterocycles. The van der Waals surface area contributed by atoms with E-state index in [1.807, 2.05) is 36.4 Å². The number of hydrogen-bond donors (Lipinski definition) is 1. The van der Waals surface area contributed by atoms with Gasteiger partial charge in [0.1, 0.15) is 5.75 Å². The number of rotatable bonds is 5. The van der Waals surface area contributed by atoms with E-state index in [0.717, 1.165) is 16.9 Å². The van der Waals surface area contributed by atoms with Gasteiger partial charge in [0.2, 0.25) is 0 Å². The minimum absolute atomic E-state index is 0.128. The topological polar surface area (TPSA) is 64.4 Å². The summed E-state index contributed by atoms with van der Waals surface area (Å²) in [5, 5.41) is 2.89. The van der Waals surface area contributed by atoms with E-state index >= 15 is 0 Å². The Balaban J connectivity index is 1.64. The van der Waals surface area contributed by atoms with Crippen molar-refractivity contribution in [2.75, 3.05) is 7.11 Å². The van der Waals surface area contributed by atoms with Crippen molar-refractivity contribution in [1.82, 2.24) is 10.3 Å². The van der Waals surface area contributed by atoms with Crippen LogP contribution < -0.4 is 10.1 Å². The minimum atomic E-state index is -0.128. The third kappa shape index (κ3) is 3.58. The maximum absolute atomic E-state index is 12.2. The summed E-state index contributed by atoms with van der Waals surface area (Å²) in [5.41, 5.74) is 2.46. The zero-order chi connectivity index (χ0) is 16.1. The Bertz CT molecular complexity index is 780. The molecule has 0 saturated heterocycles. The van der Waals surface area contributed by atoms with Gasteiger partial charge in [-0.05, 0) is 29.8 Å². The predicted octanol–water partition coefficient (Wildman–Crippen LogP) is 3.28. The van der Waals surface area contributed by atoms with Crippen LogP contribution >= 0.6 is 0 Å². The minimum Gasteiger partial charge on any atom is -0.497 e. The van der Waals surface area contributed by atoms with E-state index in [1.54, 1.807) is 25.4 Å². The Morgan fingerprint density at radius 2 is 2.04 bits per heavy atom. The van der Waals surface area contributed by atoms with Gasteiger partial charge in [-0.3, -0.25) is 4.79 Å². The number of nitrogens with zero attached hydrogens (tertiary/aromatic N) is 1. The quantitative estimate of drug-likeness (QED) is 0.785. The number of carbonyl (C=O) groups is 1. The molecule has 1 aromatic heterocycles. The van der Waals surface area contributed by atoms with Crippen LogP contribution in [0.3, 0.4) is 0 Å². The van der Waals surface area contributed by atoms with Crippen molar-refractivity contribution in [1.29, 1.82) is 0 Å². The molecule has 2 aromatic carbocycles. The van der Waals surface area contributed by atoms with Gasteiger partial charge in [-0.15, -0.1) is 0 Å². The Morgan fingerprint density at radius 3 is 2.74 bits per heavy atom. The van der Waals surface area contributed by atoms with E-state index in [4.69, 9.17) is 9.15 Å². The normalized spacial score (nSPS) is 10.3. The molecule has 5 nitrogen and oxygen atoms in total. The molecule has 1 N–H and O–H groups in total. The molecule has 5 heteroatoms. The van der Waals surface area contributed by atoms with Gasteiger partial charge in [0.25, 0.3) is 5.91 Å². The second-order valence-corrected chi connectivity index (χ2v) is 4.98. The summed E-state index contributed by atoms with van der Waals surface area (Å²) in [6.45, 7) is 0.444. The summed E-state index contributed by atoms with van der Waals surface area (Å²) in [6.07, 6.45) is 3.02. The molecule has 1 amide bonds. The number of oxazole rings is 1. The first-order valence-corrected chi connectivity index (χ1v) is 7.16. The molecule has 116 valence electrons. The first-order valence-electron chi connectivity index (χ1n) is 7.16. The Hall–Kier alpha value is -3.08. The zero-order valence-electron chi connectivity index (χ0n) is 12.7. The van der Waals surface area contributed by atoms with Gasteiger partial charge >= 0.3 is 0 Å². The Kier molecular flexibility index (Phi) is 4.38. The molecule has 0 fully saturated rings. The Labute approximate surface area is 133 Å². The van der Waals surface area contributed by atoms with Crippen LogP contribution in [0.1, 0.15) is 15.9 Å². The number of amides is 1. The smallest absolute Gasteiger partial charge is 0.251 e. The van der Waals surface area contributed by atoms with Crippen molar-refractivity contribution in [3.05, 3.63) is 72.2 Å². The molecule has 0 saturated carbocycles. The van der Waals surface area contributed by atoms with Crippen LogP contribution in [0.5, 0.6) is 5.75 Å². The van der Waals surface area contributed by atoms with Crippen LogP contribution in [0.15, 0.2) is 65.5 Å².